The quantitative estimate of drug-likeness (QED) is 0.817. The van der Waals surface area contributed by atoms with Gasteiger partial charge in [-0.1, -0.05) is 25.1 Å². The Morgan fingerprint density at radius 2 is 1.91 bits per heavy atom. The van der Waals surface area contributed by atoms with Gasteiger partial charge in [-0.15, -0.1) is 0 Å². The van der Waals surface area contributed by atoms with E-state index in [9.17, 15) is 4.39 Å². The van der Waals surface area contributed by atoms with E-state index in [4.69, 9.17) is 0 Å². The summed E-state index contributed by atoms with van der Waals surface area (Å²) >= 11 is 0. The van der Waals surface area contributed by atoms with E-state index in [1.54, 1.807) is 12.1 Å². The predicted molar refractivity (Wildman–Crippen MR) is 88.7 cm³/mol. The summed E-state index contributed by atoms with van der Waals surface area (Å²) in [7, 11) is 0. The molecule has 1 aromatic carbocycles. The Balaban J connectivity index is 1.96. The summed E-state index contributed by atoms with van der Waals surface area (Å²) in [6.07, 6.45) is 1.64. The molecule has 0 aliphatic rings. The summed E-state index contributed by atoms with van der Waals surface area (Å²) in [5.74, 6) is 2.12. The SMILES string of the molecule is CCC(C)Nc1cc(NCCc2ccccc2F)nc(C)n1. The van der Waals surface area contributed by atoms with Crippen LogP contribution in [-0.2, 0) is 6.42 Å². The molecule has 2 N–H and O–H groups in total. The first-order valence-corrected chi connectivity index (χ1v) is 7.68. The van der Waals surface area contributed by atoms with Crippen LogP contribution in [0.15, 0.2) is 30.3 Å². The van der Waals surface area contributed by atoms with Crippen molar-refractivity contribution in [3.8, 4) is 0 Å². The number of nitrogens with one attached hydrogen (secondary N) is 2. The minimum Gasteiger partial charge on any atom is -0.370 e. The standard InChI is InChI=1S/C17H23FN4/c1-4-12(2)20-17-11-16(21-13(3)22-17)19-10-9-14-7-5-6-8-15(14)18/h5-8,11-12H,4,9-10H2,1-3H3,(H2,19,20,21,22). The van der Waals surface area contributed by atoms with Crippen molar-refractivity contribution in [1.82, 2.24) is 9.97 Å². The zero-order valence-electron chi connectivity index (χ0n) is 13.4. The molecule has 5 heteroatoms. The van der Waals surface area contributed by atoms with Crippen LogP contribution in [0.1, 0.15) is 31.7 Å². The summed E-state index contributed by atoms with van der Waals surface area (Å²) in [4.78, 5) is 8.74. The Hall–Kier alpha value is -2.17. The molecule has 1 atom stereocenters. The van der Waals surface area contributed by atoms with Crippen molar-refractivity contribution >= 4 is 11.6 Å². The lowest BCUT2D eigenvalue weighted by atomic mass is 10.1. The molecule has 0 saturated heterocycles. The first-order valence-electron chi connectivity index (χ1n) is 7.68. The summed E-state index contributed by atoms with van der Waals surface area (Å²) < 4.78 is 13.6. The van der Waals surface area contributed by atoms with Gasteiger partial charge in [0.15, 0.2) is 0 Å². The van der Waals surface area contributed by atoms with Gasteiger partial charge in [-0.2, -0.15) is 0 Å². The second-order valence-corrected chi connectivity index (χ2v) is 5.41. The highest BCUT2D eigenvalue weighted by atomic mass is 19.1. The van der Waals surface area contributed by atoms with E-state index >= 15 is 0 Å². The fraction of sp³-hybridized carbons (Fsp3) is 0.412. The molecule has 0 spiro atoms. The first-order chi connectivity index (χ1) is 10.6. The molecular formula is C17H23FN4. The summed E-state index contributed by atoms with van der Waals surface area (Å²) in [5, 5.41) is 6.57. The number of anilines is 2. The third-order valence-electron chi connectivity index (χ3n) is 3.50. The molecule has 1 unspecified atom stereocenters. The van der Waals surface area contributed by atoms with Gasteiger partial charge in [0.05, 0.1) is 0 Å². The molecule has 1 aromatic heterocycles. The van der Waals surface area contributed by atoms with Gasteiger partial charge in [0.1, 0.15) is 23.3 Å². The van der Waals surface area contributed by atoms with Crippen molar-refractivity contribution in [3.05, 3.63) is 47.5 Å². The van der Waals surface area contributed by atoms with Gasteiger partial charge >= 0.3 is 0 Å². The Morgan fingerprint density at radius 3 is 2.64 bits per heavy atom. The molecule has 4 nitrogen and oxygen atoms in total. The van der Waals surface area contributed by atoms with Crippen LogP contribution in [0.5, 0.6) is 0 Å². The lowest BCUT2D eigenvalue weighted by Crippen LogP contribution is -2.16. The second kappa shape index (κ2) is 7.73. The highest BCUT2D eigenvalue weighted by Gasteiger charge is 2.05. The van der Waals surface area contributed by atoms with Gasteiger partial charge < -0.3 is 10.6 Å². The van der Waals surface area contributed by atoms with Gasteiger partial charge in [0.2, 0.25) is 0 Å². The third kappa shape index (κ3) is 4.69. The van der Waals surface area contributed by atoms with E-state index in [0.29, 0.717) is 30.4 Å². The van der Waals surface area contributed by atoms with Gasteiger partial charge in [-0.05, 0) is 38.3 Å². The smallest absolute Gasteiger partial charge is 0.132 e. The maximum Gasteiger partial charge on any atom is 0.132 e. The molecule has 22 heavy (non-hydrogen) atoms. The Labute approximate surface area is 131 Å². The maximum atomic E-state index is 13.6. The minimum absolute atomic E-state index is 0.165. The molecule has 0 saturated carbocycles. The van der Waals surface area contributed by atoms with Crippen molar-refractivity contribution in [3.63, 3.8) is 0 Å². The largest absolute Gasteiger partial charge is 0.370 e. The van der Waals surface area contributed by atoms with E-state index < -0.39 is 0 Å². The van der Waals surface area contributed by atoms with Crippen LogP contribution in [0.4, 0.5) is 16.0 Å². The van der Waals surface area contributed by atoms with Crippen molar-refractivity contribution in [2.24, 2.45) is 0 Å². The number of hydrogen-bond acceptors (Lipinski definition) is 4. The summed E-state index contributed by atoms with van der Waals surface area (Å²) in [5.41, 5.74) is 0.707. The number of aromatic nitrogens is 2. The fourth-order valence-electron chi connectivity index (χ4n) is 2.11. The van der Waals surface area contributed by atoms with E-state index in [0.717, 1.165) is 18.1 Å². The monoisotopic (exact) mass is 302 g/mol. The average molecular weight is 302 g/mol. The molecule has 1 heterocycles. The molecule has 2 rings (SSSR count). The lowest BCUT2D eigenvalue weighted by molar-refractivity contribution is 0.610. The van der Waals surface area contributed by atoms with Gasteiger partial charge in [0.25, 0.3) is 0 Å². The summed E-state index contributed by atoms with van der Waals surface area (Å²) in [6.45, 7) is 6.73. The van der Waals surface area contributed by atoms with Crippen LogP contribution in [0, 0.1) is 12.7 Å². The molecular weight excluding hydrogens is 279 g/mol. The molecule has 118 valence electrons. The second-order valence-electron chi connectivity index (χ2n) is 5.41. The average Bonchev–Trinajstić information content (AvgIpc) is 2.48. The molecule has 0 bridgehead atoms. The molecule has 0 aliphatic heterocycles. The Morgan fingerprint density at radius 1 is 1.18 bits per heavy atom. The van der Waals surface area contributed by atoms with Crippen molar-refractivity contribution < 1.29 is 4.39 Å². The van der Waals surface area contributed by atoms with E-state index in [-0.39, 0.29) is 5.82 Å². The number of halogens is 1. The van der Waals surface area contributed by atoms with Gasteiger partial charge in [0, 0.05) is 18.7 Å². The minimum atomic E-state index is -0.165. The number of hydrogen-bond donors (Lipinski definition) is 2. The van der Waals surface area contributed by atoms with Crippen LogP contribution in [0.2, 0.25) is 0 Å². The topological polar surface area (TPSA) is 49.8 Å². The zero-order chi connectivity index (χ0) is 15.9. The number of aryl methyl sites for hydroxylation is 1. The van der Waals surface area contributed by atoms with Gasteiger partial charge in [-0.25, -0.2) is 14.4 Å². The summed E-state index contributed by atoms with van der Waals surface area (Å²) in [6, 6.07) is 9.09. The zero-order valence-corrected chi connectivity index (χ0v) is 13.4. The molecule has 0 amide bonds. The van der Waals surface area contributed by atoms with Crippen molar-refractivity contribution in [2.75, 3.05) is 17.2 Å². The number of rotatable bonds is 7. The fourth-order valence-corrected chi connectivity index (χ4v) is 2.11. The molecule has 0 radical (unpaired) electrons. The highest BCUT2D eigenvalue weighted by molar-refractivity contribution is 5.48. The van der Waals surface area contributed by atoms with E-state index in [1.807, 2.05) is 19.1 Å². The van der Waals surface area contributed by atoms with E-state index in [2.05, 4.69) is 34.4 Å². The Bertz CT molecular complexity index is 615. The number of benzene rings is 1. The third-order valence-corrected chi connectivity index (χ3v) is 3.50. The Kier molecular flexibility index (Phi) is 5.69. The lowest BCUT2D eigenvalue weighted by Gasteiger charge is -2.14. The van der Waals surface area contributed by atoms with Crippen molar-refractivity contribution in [2.45, 2.75) is 39.7 Å². The normalized spacial score (nSPS) is 12.0. The van der Waals surface area contributed by atoms with Crippen LogP contribution in [0.25, 0.3) is 0 Å². The van der Waals surface area contributed by atoms with Crippen molar-refractivity contribution in [1.29, 1.82) is 0 Å². The predicted octanol–water partition coefficient (Wildman–Crippen LogP) is 3.79. The number of nitrogens with zero attached hydrogens (tertiary/aromatic N) is 2. The molecule has 0 aliphatic carbocycles. The first kappa shape index (κ1) is 16.2. The van der Waals surface area contributed by atoms with Crippen LogP contribution in [0.3, 0.4) is 0 Å². The molecule has 2 aromatic rings. The van der Waals surface area contributed by atoms with Gasteiger partial charge in [-0.3, -0.25) is 0 Å². The van der Waals surface area contributed by atoms with Crippen LogP contribution in [-0.4, -0.2) is 22.6 Å². The van der Waals surface area contributed by atoms with Crippen LogP contribution >= 0.6 is 0 Å². The highest BCUT2D eigenvalue weighted by Crippen LogP contribution is 2.13. The maximum absolute atomic E-state index is 13.6. The molecule has 0 fully saturated rings. The van der Waals surface area contributed by atoms with Crippen LogP contribution < -0.4 is 10.6 Å². The van der Waals surface area contributed by atoms with E-state index in [1.165, 1.54) is 6.07 Å².